The molecule has 80 valence electrons. The number of aliphatic carboxylic acids is 1. The van der Waals surface area contributed by atoms with E-state index in [0.29, 0.717) is 6.42 Å². The Morgan fingerprint density at radius 2 is 1.38 bits per heavy atom. The lowest BCUT2D eigenvalue weighted by atomic mass is 10.4. The summed E-state index contributed by atoms with van der Waals surface area (Å²) in [5.41, 5.74) is 0. The van der Waals surface area contributed by atoms with Gasteiger partial charge in [0.05, 0.1) is 0 Å². The van der Waals surface area contributed by atoms with Crippen molar-refractivity contribution in [3.05, 3.63) is 0 Å². The monoisotopic (exact) mass is 196 g/mol. The van der Waals surface area contributed by atoms with Crippen LogP contribution in [0.25, 0.3) is 0 Å². The fourth-order valence-electron chi connectivity index (χ4n) is 0. The van der Waals surface area contributed by atoms with E-state index in [0.717, 1.165) is 6.92 Å². The third kappa shape index (κ3) is 2390. The number of carbonyl (C=O) groups is 3. The summed E-state index contributed by atoms with van der Waals surface area (Å²) in [6, 6.07) is 0. The highest BCUT2D eigenvalue weighted by atomic mass is 16.4. The van der Waals surface area contributed by atoms with Crippen LogP contribution in [0.2, 0.25) is 0 Å². The zero-order valence-electron chi connectivity index (χ0n) is 7.90. The zero-order chi connectivity index (χ0) is 10.6. The number of carbonyl (C=O) groups excluding carboxylic acids is 1. The average molecular weight is 196 g/mol. The average Bonchev–Trinajstić information content (AvgIpc) is 1.88. The van der Waals surface area contributed by atoms with Crippen molar-refractivity contribution in [2.45, 2.75) is 27.2 Å². The molecule has 13 heavy (non-hydrogen) atoms. The summed E-state index contributed by atoms with van der Waals surface area (Å²) in [6.45, 7) is 4.27. The Bertz CT molecular complexity index is 127. The van der Waals surface area contributed by atoms with Crippen LogP contribution in [0.5, 0.6) is 0 Å². The minimum Gasteiger partial charge on any atom is -0.483 e. The molecule has 0 fully saturated rings. The number of hydrogen-bond donors (Lipinski definition) is 2. The molecule has 6 heteroatoms. The summed E-state index contributed by atoms with van der Waals surface area (Å²) < 4.78 is 0. The molecule has 0 unspecified atom stereocenters. The predicted molar refractivity (Wildman–Crippen MR) is 46.6 cm³/mol. The van der Waals surface area contributed by atoms with Crippen molar-refractivity contribution in [3.8, 4) is 0 Å². The second-order valence-electron chi connectivity index (χ2n) is 1.68. The van der Waals surface area contributed by atoms with Gasteiger partial charge in [0.2, 0.25) is 0 Å². The Kier molecular flexibility index (Phi) is 38.9. The number of hydrogen-bond acceptors (Lipinski definition) is 3. The molecule has 0 aromatic heterocycles. The minimum absolute atomic E-state index is 0. The molecule has 4 N–H and O–H groups in total. The van der Waals surface area contributed by atoms with Gasteiger partial charge < -0.3 is 20.5 Å². The van der Waals surface area contributed by atoms with E-state index in [1.165, 1.54) is 0 Å². The van der Waals surface area contributed by atoms with Crippen LogP contribution in [0.1, 0.15) is 27.2 Å². The number of ketones is 1. The molecule has 0 saturated carbocycles. The van der Waals surface area contributed by atoms with Crippen molar-refractivity contribution < 1.29 is 30.1 Å². The molecular weight excluding hydrogens is 180 g/mol. The standard InChI is InChI=1S/C4H8O.C2H4O2.CH2O2.H2O/c1-3-4(2)5;1-2(3)4;2-1-3;/h3H2,1-2H3;1H3,(H,3,4);1H,(H,2,3);1H2. The maximum Gasteiger partial charge on any atom is 0.300 e. The van der Waals surface area contributed by atoms with Gasteiger partial charge in [0.25, 0.3) is 12.4 Å². The molecule has 0 bridgehead atoms. The van der Waals surface area contributed by atoms with Gasteiger partial charge in [0.1, 0.15) is 5.78 Å². The van der Waals surface area contributed by atoms with Crippen LogP contribution >= 0.6 is 0 Å². The number of carboxylic acids is 1. The molecule has 0 aromatic carbocycles. The normalized spacial score (nSPS) is 5.77. The van der Waals surface area contributed by atoms with Crippen molar-refractivity contribution in [1.82, 2.24) is 0 Å². The van der Waals surface area contributed by atoms with Gasteiger partial charge in [-0.1, -0.05) is 6.92 Å². The van der Waals surface area contributed by atoms with Crippen LogP contribution < -0.4 is 0 Å². The highest BCUT2D eigenvalue weighted by molar-refractivity contribution is 5.74. The molecule has 0 aliphatic carbocycles. The molecule has 0 atom stereocenters. The second-order valence-corrected chi connectivity index (χ2v) is 1.68. The van der Waals surface area contributed by atoms with Crippen LogP contribution in [-0.2, 0) is 14.4 Å². The topological polar surface area (TPSA) is 123 Å². The molecule has 0 rings (SSSR count). The molecule has 0 aliphatic heterocycles. The third-order valence-electron chi connectivity index (χ3n) is 0.498. The predicted octanol–water partition coefficient (Wildman–Crippen LogP) is -0.0476. The van der Waals surface area contributed by atoms with E-state index in [-0.39, 0.29) is 17.7 Å². The van der Waals surface area contributed by atoms with E-state index in [9.17, 15) is 4.79 Å². The Hall–Kier alpha value is -1.43. The van der Waals surface area contributed by atoms with E-state index >= 15 is 0 Å². The molecule has 0 aliphatic rings. The minimum atomic E-state index is -0.833. The maximum atomic E-state index is 9.81. The van der Waals surface area contributed by atoms with Gasteiger partial charge in [-0.25, -0.2) is 0 Å². The van der Waals surface area contributed by atoms with Crippen molar-refractivity contribution in [2.24, 2.45) is 0 Å². The first kappa shape index (κ1) is 22.6. The summed E-state index contributed by atoms with van der Waals surface area (Å²) in [4.78, 5) is 27.2. The fourth-order valence-corrected chi connectivity index (χ4v) is 0. The first-order valence-electron chi connectivity index (χ1n) is 3.19. The Labute approximate surface area is 76.5 Å². The van der Waals surface area contributed by atoms with E-state index < -0.39 is 5.97 Å². The summed E-state index contributed by atoms with van der Waals surface area (Å²) in [6.07, 6.45) is 0.667. The summed E-state index contributed by atoms with van der Waals surface area (Å²) in [7, 11) is 0. The van der Waals surface area contributed by atoms with Gasteiger partial charge in [0.15, 0.2) is 0 Å². The van der Waals surface area contributed by atoms with Crippen molar-refractivity contribution in [1.29, 1.82) is 0 Å². The lowest BCUT2D eigenvalue weighted by molar-refractivity contribution is -0.134. The molecule has 6 nitrogen and oxygen atoms in total. The maximum absolute atomic E-state index is 9.81. The largest absolute Gasteiger partial charge is 0.483 e. The fraction of sp³-hybridized carbons (Fsp3) is 0.571. The van der Waals surface area contributed by atoms with Gasteiger partial charge in [0, 0.05) is 13.3 Å². The van der Waals surface area contributed by atoms with Crippen LogP contribution in [-0.4, -0.2) is 33.9 Å². The molecule has 0 spiro atoms. The lowest BCUT2D eigenvalue weighted by Gasteiger charge is -1.71. The van der Waals surface area contributed by atoms with Crippen LogP contribution in [0.4, 0.5) is 0 Å². The van der Waals surface area contributed by atoms with E-state index in [1.54, 1.807) is 6.92 Å². The smallest absolute Gasteiger partial charge is 0.300 e. The van der Waals surface area contributed by atoms with Crippen molar-refractivity contribution >= 4 is 18.2 Å². The molecule has 0 aromatic rings. The van der Waals surface area contributed by atoms with E-state index in [2.05, 4.69) is 0 Å². The van der Waals surface area contributed by atoms with Crippen LogP contribution in [0, 0.1) is 0 Å². The van der Waals surface area contributed by atoms with Gasteiger partial charge in [-0.3, -0.25) is 9.59 Å². The van der Waals surface area contributed by atoms with Gasteiger partial charge in [-0.05, 0) is 6.92 Å². The summed E-state index contributed by atoms with van der Waals surface area (Å²) in [5, 5.41) is 14.3. The van der Waals surface area contributed by atoms with E-state index in [4.69, 9.17) is 19.8 Å². The zero-order valence-corrected chi connectivity index (χ0v) is 7.90. The van der Waals surface area contributed by atoms with Gasteiger partial charge >= 0.3 is 0 Å². The van der Waals surface area contributed by atoms with Crippen molar-refractivity contribution in [2.75, 3.05) is 0 Å². The van der Waals surface area contributed by atoms with E-state index in [1.807, 2.05) is 6.92 Å². The van der Waals surface area contributed by atoms with Gasteiger partial charge in [-0.15, -0.1) is 0 Å². The van der Waals surface area contributed by atoms with Crippen LogP contribution in [0.15, 0.2) is 0 Å². The highest BCUT2D eigenvalue weighted by Gasteiger charge is 1.76. The molecule has 0 amide bonds. The summed E-state index contributed by atoms with van der Waals surface area (Å²) in [5.74, 6) is -0.579. The Morgan fingerprint density at radius 1 is 1.31 bits per heavy atom. The second kappa shape index (κ2) is 22.4. The molecule has 0 radical (unpaired) electrons. The number of rotatable bonds is 1. The highest BCUT2D eigenvalue weighted by Crippen LogP contribution is 1.71. The molecular formula is C7H16O6. The quantitative estimate of drug-likeness (QED) is 0.569. The summed E-state index contributed by atoms with van der Waals surface area (Å²) >= 11 is 0. The first-order valence-corrected chi connectivity index (χ1v) is 3.19. The number of carboxylic acid groups (broad SMARTS) is 2. The number of Topliss-reactive ketones (excluding diaryl/α,β-unsaturated/α-hetero) is 1. The molecule has 0 saturated heterocycles. The lowest BCUT2D eigenvalue weighted by Crippen LogP contribution is -1.80. The Morgan fingerprint density at radius 3 is 1.38 bits per heavy atom. The van der Waals surface area contributed by atoms with Gasteiger partial charge in [-0.2, -0.15) is 0 Å². The molecule has 0 heterocycles. The van der Waals surface area contributed by atoms with Crippen molar-refractivity contribution in [3.63, 3.8) is 0 Å². The third-order valence-corrected chi connectivity index (χ3v) is 0.498. The first-order chi connectivity index (χ1) is 5.42. The SMILES string of the molecule is CC(=O)O.CCC(C)=O.O.O=CO. The Balaban J connectivity index is -0.0000000465. The van der Waals surface area contributed by atoms with Crippen LogP contribution in [0.3, 0.4) is 0 Å².